The number of Topliss-reactive ketones (excluding diaryl/α,β-unsaturated/α-hetero) is 1. The van der Waals surface area contributed by atoms with Crippen molar-refractivity contribution in [1.82, 2.24) is 4.98 Å². The smallest absolute Gasteiger partial charge is 0.341 e. The zero-order chi connectivity index (χ0) is 14.3. The van der Waals surface area contributed by atoms with Crippen molar-refractivity contribution in [2.75, 3.05) is 0 Å². The molecule has 2 aromatic rings. The molecular formula is C14H11NO5. The molecule has 0 aliphatic heterocycles. The molecule has 2 N–H and O–H groups in total. The van der Waals surface area contributed by atoms with Crippen molar-refractivity contribution in [3.05, 3.63) is 57.4 Å². The predicted molar refractivity (Wildman–Crippen MR) is 68.1 cm³/mol. The summed E-state index contributed by atoms with van der Waals surface area (Å²) in [4.78, 5) is 37.2. The number of carboxylic acid groups (broad SMARTS) is 1. The summed E-state index contributed by atoms with van der Waals surface area (Å²) in [5.41, 5.74) is -0.347. The number of carbonyl (C=O) groups excluding carboxylic acids is 1. The summed E-state index contributed by atoms with van der Waals surface area (Å²) in [6.07, 6.45) is 2.22. The number of hydrogen-bond donors (Lipinski definition) is 2. The van der Waals surface area contributed by atoms with E-state index in [0.717, 1.165) is 6.07 Å². The first-order chi connectivity index (χ1) is 9.56. The molecule has 0 aromatic carbocycles. The highest BCUT2D eigenvalue weighted by Gasteiger charge is 2.30. The fourth-order valence-corrected chi connectivity index (χ4v) is 2.51. The van der Waals surface area contributed by atoms with E-state index in [9.17, 15) is 14.4 Å². The third-order valence-corrected chi connectivity index (χ3v) is 3.48. The minimum atomic E-state index is -1.34. The number of aromatic carboxylic acids is 1. The van der Waals surface area contributed by atoms with Gasteiger partial charge in [0.1, 0.15) is 11.3 Å². The maximum Gasteiger partial charge on any atom is 0.341 e. The Morgan fingerprint density at radius 2 is 2.15 bits per heavy atom. The van der Waals surface area contributed by atoms with Gasteiger partial charge in [-0.3, -0.25) is 9.59 Å². The summed E-state index contributed by atoms with van der Waals surface area (Å²) in [7, 11) is 0. The van der Waals surface area contributed by atoms with Gasteiger partial charge in [0.15, 0.2) is 5.78 Å². The number of H-pyrrole nitrogens is 1. The molecule has 3 rings (SSSR count). The van der Waals surface area contributed by atoms with Crippen LogP contribution in [-0.2, 0) is 6.42 Å². The maximum absolute atomic E-state index is 12.1. The fraction of sp³-hybridized carbons (Fsp3) is 0.214. The van der Waals surface area contributed by atoms with Gasteiger partial charge in [0.2, 0.25) is 0 Å². The first-order valence-corrected chi connectivity index (χ1v) is 6.12. The number of rotatable bonds is 2. The van der Waals surface area contributed by atoms with Crippen LogP contribution in [0.15, 0.2) is 33.7 Å². The van der Waals surface area contributed by atoms with Crippen molar-refractivity contribution in [2.45, 2.75) is 18.8 Å². The minimum Gasteiger partial charge on any atom is -0.477 e. The quantitative estimate of drug-likeness (QED) is 0.865. The van der Waals surface area contributed by atoms with E-state index >= 15 is 0 Å². The summed E-state index contributed by atoms with van der Waals surface area (Å²) in [5.74, 6) is -0.968. The Labute approximate surface area is 113 Å². The summed E-state index contributed by atoms with van der Waals surface area (Å²) >= 11 is 0. The van der Waals surface area contributed by atoms with Crippen molar-refractivity contribution in [3.63, 3.8) is 0 Å². The standard InChI is InChI=1S/C14H11NO5/c16-11-5-7(12-2-1-3-20-12)4-10-8(11)6-9(14(18)19)13(17)15-10/h1-3,6-7H,4-5H2,(H,15,17)(H,18,19)/t7-/m1/s1. The Balaban J connectivity index is 2.05. The van der Waals surface area contributed by atoms with Gasteiger partial charge in [0.05, 0.1) is 6.26 Å². The highest BCUT2D eigenvalue weighted by Crippen LogP contribution is 2.31. The van der Waals surface area contributed by atoms with Gasteiger partial charge in [0.25, 0.3) is 5.56 Å². The molecule has 2 aromatic heterocycles. The molecule has 0 saturated heterocycles. The highest BCUT2D eigenvalue weighted by molar-refractivity contribution is 6.00. The molecule has 6 nitrogen and oxygen atoms in total. The highest BCUT2D eigenvalue weighted by atomic mass is 16.4. The summed E-state index contributed by atoms with van der Waals surface area (Å²) in [5, 5.41) is 8.91. The molecule has 0 unspecified atom stereocenters. The summed E-state index contributed by atoms with van der Waals surface area (Å²) in [6, 6.07) is 4.69. The molecule has 0 saturated carbocycles. The van der Waals surface area contributed by atoms with Crippen LogP contribution < -0.4 is 5.56 Å². The molecule has 6 heteroatoms. The molecule has 0 fully saturated rings. The number of fused-ring (bicyclic) bond motifs is 1. The molecule has 0 radical (unpaired) electrons. The van der Waals surface area contributed by atoms with Crippen LogP contribution in [0.5, 0.6) is 0 Å². The second-order valence-corrected chi connectivity index (χ2v) is 4.75. The first-order valence-electron chi connectivity index (χ1n) is 6.12. The number of ketones is 1. The normalized spacial score (nSPS) is 17.8. The largest absolute Gasteiger partial charge is 0.477 e. The van der Waals surface area contributed by atoms with E-state index in [2.05, 4.69) is 4.98 Å². The van der Waals surface area contributed by atoms with Gasteiger partial charge in [-0.1, -0.05) is 0 Å². The van der Waals surface area contributed by atoms with E-state index in [4.69, 9.17) is 9.52 Å². The van der Waals surface area contributed by atoms with Crippen molar-refractivity contribution in [2.24, 2.45) is 0 Å². The number of pyridine rings is 1. The van der Waals surface area contributed by atoms with Crippen molar-refractivity contribution in [1.29, 1.82) is 0 Å². The average Bonchev–Trinajstić information content (AvgIpc) is 2.91. The second-order valence-electron chi connectivity index (χ2n) is 4.75. The number of furan rings is 1. The lowest BCUT2D eigenvalue weighted by atomic mass is 9.84. The van der Waals surface area contributed by atoms with Crippen molar-refractivity contribution >= 4 is 11.8 Å². The van der Waals surface area contributed by atoms with Crippen LogP contribution in [0.1, 0.15) is 44.5 Å². The Bertz CT molecular complexity index is 741. The lowest BCUT2D eigenvalue weighted by Crippen LogP contribution is -2.27. The Kier molecular flexibility index (Phi) is 2.78. The Morgan fingerprint density at radius 1 is 1.35 bits per heavy atom. The molecule has 1 aliphatic rings. The van der Waals surface area contributed by atoms with Crippen LogP contribution in [0.25, 0.3) is 0 Å². The molecule has 0 amide bonds. The van der Waals surface area contributed by atoms with Gasteiger partial charge in [-0.15, -0.1) is 0 Å². The molecule has 1 atom stereocenters. The molecule has 102 valence electrons. The zero-order valence-corrected chi connectivity index (χ0v) is 10.4. The maximum atomic E-state index is 12.1. The van der Waals surface area contributed by atoms with E-state index in [-0.39, 0.29) is 23.7 Å². The number of carboxylic acids is 1. The monoisotopic (exact) mass is 273 g/mol. The SMILES string of the molecule is O=C1C[C@H](c2ccco2)Cc2[nH]c(=O)c(C(=O)O)cc21. The third kappa shape index (κ3) is 1.95. The van der Waals surface area contributed by atoms with Gasteiger partial charge in [-0.25, -0.2) is 4.79 Å². The Hall–Kier alpha value is -2.63. The van der Waals surface area contributed by atoms with E-state index in [1.54, 1.807) is 12.1 Å². The van der Waals surface area contributed by atoms with Crippen LogP contribution in [-0.4, -0.2) is 21.8 Å². The number of aromatic nitrogens is 1. The molecule has 2 heterocycles. The van der Waals surface area contributed by atoms with Crippen molar-refractivity contribution in [3.8, 4) is 0 Å². The number of aromatic amines is 1. The van der Waals surface area contributed by atoms with Crippen molar-refractivity contribution < 1.29 is 19.1 Å². The van der Waals surface area contributed by atoms with E-state index < -0.39 is 17.1 Å². The topological polar surface area (TPSA) is 100 Å². The van der Waals surface area contributed by atoms with Crippen LogP contribution >= 0.6 is 0 Å². The third-order valence-electron chi connectivity index (χ3n) is 3.48. The fourth-order valence-electron chi connectivity index (χ4n) is 2.51. The van der Waals surface area contributed by atoms with E-state index in [0.29, 0.717) is 17.9 Å². The second kappa shape index (κ2) is 4.48. The molecule has 1 aliphatic carbocycles. The number of carbonyl (C=O) groups is 2. The van der Waals surface area contributed by atoms with Gasteiger partial charge in [0, 0.05) is 23.6 Å². The number of nitrogens with one attached hydrogen (secondary N) is 1. The van der Waals surface area contributed by atoms with Gasteiger partial charge in [-0.2, -0.15) is 0 Å². The summed E-state index contributed by atoms with van der Waals surface area (Å²) < 4.78 is 5.29. The first kappa shape index (κ1) is 12.4. The van der Waals surface area contributed by atoms with Crippen LogP contribution in [0.4, 0.5) is 0 Å². The van der Waals surface area contributed by atoms with Gasteiger partial charge >= 0.3 is 5.97 Å². The number of hydrogen-bond acceptors (Lipinski definition) is 4. The molecule has 20 heavy (non-hydrogen) atoms. The Morgan fingerprint density at radius 3 is 2.80 bits per heavy atom. The van der Waals surface area contributed by atoms with E-state index in [1.165, 1.54) is 6.26 Å². The molecular weight excluding hydrogens is 262 g/mol. The van der Waals surface area contributed by atoms with Gasteiger partial charge < -0.3 is 14.5 Å². The van der Waals surface area contributed by atoms with Crippen LogP contribution in [0.2, 0.25) is 0 Å². The summed E-state index contributed by atoms with van der Waals surface area (Å²) in [6.45, 7) is 0. The minimum absolute atomic E-state index is 0.128. The van der Waals surface area contributed by atoms with E-state index in [1.807, 2.05) is 0 Å². The molecule has 0 bridgehead atoms. The van der Waals surface area contributed by atoms with Gasteiger partial charge in [-0.05, 0) is 24.6 Å². The van der Waals surface area contributed by atoms with Crippen LogP contribution in [0, 0.1) is 0 Å². The van der Waals surface area contributed by atoms with Crippen LogP contribution in [0.3, 0.4) is 0 Å². The molecule has 0 spiro atoms. The lowest BCUT2D eigenvalue weighted by molar-refractivity contribution is 0.0695. The zero-order valence-electron chi connectivity index (χ0n) is 10.4. The average molecular weight is 273 g/mol. The predicted octanol–water partition coefficient (Wildman–Crippen LogP) is 1.58. The lowest BCUT2D eigenvalue weighted by Gasteiger charge is -2.21.